The Morgan fingerprint density at radius 2 is 1.36 bits per heavy atom. The smallest absolute Gasteiger partial charge is 0.0367 e. The summed E-state index contributed by atoms with van der Waals surface area (Å²) in [6.07, 6.45) is 2.47. The van der Waals surface area contributed by atoms with Crippen molar-refractivity contribution >= 4 is 5.69 Å². The highest BCUT2D eigenvalue weighted by molar-refractivity contribution is 5.48. The van der Waals surface area contributed by atoms with Crippen LogP contribution in [0.25, 0.3) is 0 Å². The molecule has 1 aliphatic carbocycles. The van der Waals surface area contributed by atoms with E-state index in [1.807, 2.05) is 0 Å². The standard InChI is InChI=1S/C20H24N2/c1-16-6-8-19(9-7-16)21-10-12-22(13-11-21)20-14-17-4-2-3-5-18(17)15-20/h2-9,20H,10-15H2,1H3. The van der Waals surface area contributed by atoms with E-state index >= 15 is 0 Å². The molecule has 1 heterocycles. The lowest BCUT2D eigenvalue weighted by Crippen LogP contribution is -2.50. The largest absolute Gasteiger partial charge is 0.369 e. The van der Waals surface area contributed by atoms with Gasteiger partial charge in [0.05, 0.1) is 0 Å². The number of piperazine rings is 1. The van der Waals surface area contributed by atoms with Gasteiger partial charge in [-0.25, -0.2) is 0 Å². The highest BCUT2D eigenvalue weighted by Gasteiger charge is 2.28. The molecule has 0 aromatic heterocycles. The molecule has 0 unspecified atom stereocenters. The van der Waals surface area contributed by atoms with E-state index in [0.29, 0.717) is 0 Å². The number of hydrogen-bond donors (Lipinski definition) is 0. The quantitative estimate of drug-likeness (QED) is 0.838. The van der Waals surface area contributed by atoms with E-state index in [9.17, 15) is 0 Å². The number of hydrogen-bond acceptors (Lipinski definition) is 2. The minimum atomic E-state index is 0.720. The number of aryl methyl sites for hydroxylation is 1. The lowest BCUT2D eigenvalue weighted by Gasteiger charge is -2.39. The number of nitrogens with zero attached hydrogens (tertiary/aromatic N) is 2. The molecule has 2 aliphatic rings. The van der Waals surface area contributed by atoms with E-state index < -0.39 is 0 Å². The van der Waals surface area contributed by atoms with Crippen molar-refractivity contribution in [2.24, 2.45) is 0 Å². The highest BCUT2D eigenvalue weighted by atomic mass is 15.3. The lowest BCUT2D eigenvalue weighted by atomic mass is 10.1. The van der Waals surface area contributed by atoms with Crippen LogP contribution in [-0.2, 0) is 12.8 Å². The molecular formula is C20H24N2. The van der Waals surface area contributed by atoms with Gasteiger partial charge in [0.15, 0.2) is 0 Å². The Labute approximate surface area is 133 Å². The van der Waals surface area contributed by atoms with E-state index in [1.54, 1.807) is 11.1 Å². The van der Waals surface area contributed by atoms with Crippen LogP contribution in [-0.4, -0.2) is 37.1 Å². The van der Waals surface area contributed by atoms with Gasteiger partial charge in [0.2, 0.25) is 0 Å². The molecule has 0 atom stereocenters. The van der Waals surface area contributed by atoms with Crippen molar-refractivity contribution in [1.29, 1.82) is 0 Å². The number of fused-ring (bicyclic) bond motifs is 1. The van der Waals surface area contributed by atoms with Crippen molar-refractivity contribution in [2.75, 3.05) is 31.1 Å². The second-order valence-electron chi connectivity index (χ2n) is 6.69. The minimum absolute atomic E-state index is 0.720. The predicted molar refractivity (Wildman–Crippen MR) is 92.6 cm³/mol. The van der Waals surface area contributed by atoms with Crippen LogP contribution in [0.15, 0.2) is 48.5 Å². The normalized spacial score (nSPS) is 19.4. The fourth-order valence-electron chi connectivity index (χ4n) is 3.89. The highest BCUT2D eigenvalue weighted by Crippen LogP contribution is 2.27. The Kier molecular flexibility index (Phi) is 3.63. The summed E-state index contributed by atoms with van der Waals surface area (Å²) in [6, 6.07) is 18.6. The van der Waals surface area contributed by atoms with Crippen LogP contribution in [0.5, 0.6) is 0 Å². The minimum Gasteiger partial charge on any atom is -0.369 e. The molecule has 2 aromatic carbocycles. The summed E-state index contributed by atoms with van der Waals surface area (Å²) < 4.78 is 0. The van der Waals surface area contributed by atoms with Crippen molar-refractivity contribution in [3.63, 3.8) is 0 Å². The van der Waals surface area contributed by atoms with Gasteiger partial charge < -0.3 is 4.90 Å². The monoisotopic (exact) mass is 292 g/mol. The average molecular weight is 292 g/mol. The van der Waals surface area contributed by atoms with Gasteiger partial charge in [-0.1, -0.05) is 42.0 Å². The van der Waals surface area contributed by atoms with E-state index in [2.05, 4.69) is 65.3 Å². The van der Waals surface area contributed by atoms with Crippen molar-refractivity contribution in [1.82, 2.24) is 4.90 Å². The third kappa shape index (κ3) is 2.64. The summed E-state index contributed by atoms with van der Waals surface area (Å²) in [5.74, 6) is 0. The van der Waals surface area contributed by atoms with E-state index in [-0.39, 0.29) is 0 Å². The first-order valence-corrected chi connectivity index (χ1v) is 8.42. The summed E-state index contributed by atoms with van der Waals surface area (Å²) in [4.78, 5) is 5.22. The molecule has 114 valence electrons. The average Bonchev–Trinajstić information content (AvgIpc) is 3.00. The van der Waals surface area contributed by atoms with Gasteiger partial charge in [-0.3, -0.25) is 4.90 Å². The van der Waals surface area contributed by atoms with Crippen LogP contribution in [0.3, 0.4) is 0 Å². The molecule has 2 aromatic rings. The van der Waals surface area contributed by atoms with Gasteiger partial charge in [0, 0.05) is 37.9 Å². The van der Waals surface area contributed by atoms with Crippen LogP contribution in [0.1, 0.15) is 16.7 Å². The fraction of sp³-hybridized carbons (Fsp3) is 0.400. The molecule has 1 fully saturated rings. The van der Waals surface area contributed by atoms with Crippen molar-refractivity contribution in [3.8, 4) is 0 Å². The zero-order valence-electron chi connectivity index (χ0n) is 13.3. The molecule has 2 nitrogen and oxygen atoms in total. The summed E-state index contributed by atoms with van der Waals surface area (Å²) in [5.41, 5.74) is 5.84. The zero-order chi connectivity index (χ0) is 14.9. The van der Waals surface area contributed by atoms with Crippen LogP contribution >= 0.6 is 0 Å². The van der Waals surface area contributed by atoms with Gasteiger partial charge in [0.1, 0.15) is 0 Å². The van der Waals surface area contributed by atoms with Gasteiger partial charge in [-0.15, -0.1) is 0 Å². The molecule has 0 amide bonds. The molecule has 0 N–H and O–H groups in total. The van der Waals surface area contributed by atoms with Gasteiger partial charge in [0.25, 0.3) is 0 Å². The van der Waals surface area contributed by atoms with Crippen LogP contribution in [0, 0.1) is 6.92 Å². The zero-order valence-corrected chi connectivity index (χ0v) is 13.3. The number of anilines is 1. The number of rotatable bonds is 2. The molecular weight excluding hydrogens is 268 g/mol. The first-order chi connectivity index (χ1) is 10.8. The fourth-order valence-corrected chi connectivity index (χ4v) is 3.89. The maximum atomic E-state index is 2.70. The maximum absolute atomic E-state index is 2.70. The van der Waals surface area contributed by atoms with Gasteiger partial charge >= 0.3 is 0 Å². The second kappa shape index (κ2) is 5.77. The Hall–Kier alpha value is -1.80. The molecule has 0 spiro atoms. The van der Waals surface area contributed by atoms with E-state index in [4.69, 9.17) is 0 Å². The number of benzene rings is 2. The summed E-state index contributed by atoms with van der Waals surface area (Å²) in [7, 11) is 0. The molecule has 22 heavy (non-hydrogen) atoms. The van der Waals surface area contributed by atoms with E-state index in [1.165, 1.54) is 37.2 Å². The van der Waals surface area contributed by atoms with Gasteiger partial charge in [-0.05, 0) is 43.0 Å². The molecule has 0 saturated carbocycles. The SMILES string of the molecule is Cc1ccc(N2CCN(C3Cc4ccccc4C3)CC2)cc1. The molecule has 4 rings (SSSR count). The van der Waals surface area contributed by atoms with Crippen LogP contribution in [0.2, 0.25) is 0 Å². The van der Waals surface area contributed by atoms with Crippen molar-refractivity contribution < 1.29 is 0 Å². The first-order valence-electron chi connectivity index (χ1n) is 8.42. The second-order valence-corrected chi connectivity index (χ2v) is 6.69. The van der Waals surface area contributed by atoms with Crippen molar-refractivity contribution in [3.05, 3.63) is 65.2 Å². The summed E-state index contributed by atoms with van der Waals surface area (Å²) in [6.45, 7) is 6.82. The Morgan fingerprint density at radius 3 is 1.95 bits per heavy atom. The van der Waals surface area contributed by atoms with Gasteiger partial charge in [-0.2, -0.15) is 0 Å². The molecule has 0 bridgehead atoms. The third-order valence-electron chi connectivity index (χ3n) is 5.26. The predicted octanol–water partition coefficient (Wildman–Crippen LogP) is 3.28. The Bertz CT molecular complexity index is 614. The first kappa shape index (κ1) is 13.8. The Balaban J connectivity index is 1.38. The van der Waals surface area contributed by atoms with Crippen molar-refractivity contribution in [2.45, 2.75) is 25.8 Å². The third-order valence-corrected chi connectivity index (χ3v) is 5.26. The lowest BCUT2D eigenvalue weighted by molar-refractivity contribution is 0.190. The summed E-state index contributed by atoms with van der Waals surface area (Å²) >= 11 is 0. The molecule has 1 aliphatic heterocycles. The topological polar surface area (TPSA) is 6.48 Å². The summed E-state index contributed by atoms with van der Waals surface area (Å²) in [5, 5.41) is 0. The molecule has 1 saturated heterocycles. The van der Waals surface area contributed by atoms with E-state index in [0.717, 1.165) is 19.1 Å². The van der Waals surface area contributed by atoms with Crippen LogP contribution < -0.4 is 4.90 Å². The Morgan fingerprint density at radius 1 is 0.773 bits per heavy atom. The molecule has 2 heteroatoms. The van der Waals surface area contributed by atoms with Crippen LogP contribution in [0.4, 0.5) is 5.69 Å². The maximum Gasteiger partial charge on any atom is 0.0367 e. The molecule has 0 radical (unpaired) electrons.